The van der Waals surface area contributed by atoms with Gasteiger partial charge in [-0.3, -0.25) is 4.79 Å². The molecule has 127 valence electrons. The fourth-order valence-electron chi connectivity index (χ4n) is 2.23. The first-order valence-electron chi connectivity index (χ1n) is 7.34. The van der Waals surface area contributed by atoms with E-state index in [1.54, 1.807) is 32.1 Å². The lowest BCUT2D eigenvalue weighted by Gasteiger charge is -2.35. The second kappa shape index (κ2) is 8.36. The average Bonchev–Trinajstić information content (AvgIpc) is 2.53. The summed E-state index contributed by atoms with van der Waals surface area (Å²) >= 11 is 0. The van der Waals surface area contributed by atoms with Gasteiger partial charge in [-0.05, 0) is 32.4 Å². The van der Waals surface area contributed by atoms with E-state index in [1.807, 2.05) is 0 Å². The van der Waals surface area contributed by atoms with Crippen molar-refractivity contribution in [2.24, 2.45) is 0 Å². The zero-order valence-electron chi connectivity index (χ0n) is 13.8. The number of hydrogen-bond donors (Lipinski definition) is 1. The van der Waals surface area contributed by atoms with Gasteiger partial charge in [0.2, 0.25) is 11.4 Å². The average molecular weight is 324 g/mol. The lowest BCUT2D eigenvalue weighted by Crippen LogP contribution is -2.64. The summed E-state index contributed by atoms with van der Waals surface area (Å²) in [6.45, 7) is 4.58. The molecule has 7 heteroatoms. The van der Waals surface area contributed by atoms with E-state index in [0.29, 0.717) is 11.7 Å². The van der Waals surface area contributed by atoms with E-state index in [9.17, 15) is 14.4 Å². The summed E-state index contributed by atoms with van der Waals surface area (Å²) in [7, 11) is 1.51. The third-order valence-electron chi connectivity index (χ3n) is 3.22. The first-order valence-corrected chi connectivity index (χ1v) is 7.34. The molecule has 1 rings (SSSR count). The Balaban J connectivity index is 3.29. The Labute approximate surface area is 135 Å². The number of ether oxygens (including phenoxy) is 3. The second-order valence-corrected chi connectivity index (χ2v) is 4.75. The molecule has 1 aliphatic carbocycles. The van der Waals surface area contributed by atoms with Crippen LogP contribution in [-0.4, -0.2) is 43.7 Å². The Kier molecular flexibility index (Phi) is 6.81. The van der Waals surface area contributed by atoms with Crippen molar-refractivity contribution in [1.29, 1.82) is 0 Å². The quantitative estimate of drug-likeness (QED) is 0.556. The van der Waals surface area contributed by atoms with E-state index in [-0.39, 0.29) is 19.6 Å². The van der Waals surface area contributed by atoms with Gasteiger partial charge in [-0.25, -0.2) is 9.59 Å². The molecule has 0 aromatic heterocycles. The molecule has 0 atom stereocenters. The summed E-state index contributed by atoms with van der Waals surface area (Å²) in [4.78, 5) is 36.7. The van der Waals surface area contributed by atoms with Crippen LogP contribution in [0.25, 0.3) is 0 Å². The van der Waals surface area contributed by atoms with Crippen LogP contribution in [0, 0.1) is 5.92 Å². The van der Waals surface area contributed by atoms with Gasteiger partial charge in [0.05, 0.1) is 26.2 Å². The highest BCUT2D eigenvalue weighted by molar-refractivity contribution is 6.11. The normalized spacial score (nSPS) is 14.7. The minimum Gasteiger partial charge on any atom is -0.497 e. The SMILES string of the molecule is CCOC(=O)C(NC(C)=O)([C]1C=CC(OC)=CC1)C(=O)OCC. The first kappa shape index (κ1) is 18.7. The van der Waals surface area contributed by atoms with E-state index in [4.69, 9.17) is 14.2 Å². The number of methoxy groups -OCH3 is 1. The zero-order valence-corrected chi connectivity index (χ0v) is 13.8. The maximum atomic E-state index is 12.5. The molecule has 0 fully saturated rings. The van der Waals surface area contributed by atoms with E-state index in [1.165, 1.54) is 14.0 Å². The second-order valence-electron chi connectivity index (χ2n) is 4.75. The molecule has 7 nitrogen and oxygen atoms in total. The highest BCUT2D eigenvalue weighted by atomic mass is 16.6. The van der Waals surface area contributed by atoms with Gasteiger partial charge >= 0.3 is 11.9 Å². The van der Waals surface area contributed by atoms with E-state index in [2.05, 4.69) is 5.32 Å². The molecule has 0 aromatic carbocycles. The monoisotopic (exact) mass is 324 g/mol. The van der Waals surface area contributed by atoms with Crippen molar-refractivity contribution in [2.45, 2.75) is 32.7 Å². The van der Waals surface area contributed by atoms with Crippen molar-refractivity contribution >= 4 is 17.8 Å². The number of amides is 1. The summed E-state index contributed by atoms with van der Waals surface area (Å²) in [6.07, 6.45) is 5.10. The number of esters is 2. The highest BCUT2D eigenvalue weighted by Crippen LogP contribution is 2.32. The molecular weight excluding hydrogens is 302 g/mol. The predicted molar refractivity (Wildman–Crippen MR) is 81.9 cm³/mol. The molecule has 0 aromatic rings. The van der Waals surface area contributed by atoms with Crippen LogP contribution in [-0.2, 0) is 28.6 Å². The standard InChI is InChI=1S/C16H22NO6/c1-5-22-14(19)16(17-11(3)18,15(20)23-6-2)12-7-9-13(21-4)10-8-12/h7,9-10H,5-6,8H2,1-4H3,(H,17,18). The smallest absolute Gasteiger partial charge is 0.344 e. The number of allylic oxidation sites excluding steroid dienone is 2. The van der Waals surface area contributed by atoms with Gasteiger partial charge in [-0.15, -0.1) is 0 Å². The molecule has 0 spiro atoms. The van der Waals surface area contributed by atoms with Crippen LogP contribution < -0.4 is 5.32 Å². The highest BCUT2D eigenvalue weighted by Gasteiger charge is 2.55. The third kappa shape index (κ3) is 4.12. The fraction of sp³-hybridized carbons (Fsp3) is 0.500. The summed E-state index contributed by atoms with van der Waals surface area (Å²) in [5.74, 6) is -1.35. The largest absolute Gasteiger partial charge is 0.497 e. The van der Waals surface area contributed by atoms with Gasteiger partial charge in [-0.1, -0.05) is 6.08 Å². The zero-order chi connectivity index (χ0) is 17.5. The van der Waals surface area contributed by atoms with Crippen LogP contribution in [0.4, 0.5) is 0 Å². The van der Waals surface area contributed by atoms with Crippen molar-refractivity contribution in [2.75, 3.05) is 20.3 Å². The van der Waals surface area contributed by atoms with Gasteiger partial charge < -0.3 is 19.5 Å². The van der Waals surface area contributed by atoms with Gasteiger partial charge in [0.15, 0.2) is 0 Å². The number of hydrogen-bond acceptors (Lipinski definition) is 6. The molecule has 0 aliphatic heterocycles. The molecule has 1 radical (unpaired) electrons. The molecule has 0 saturated heterocycles. The van der Waals surface area contributed by atoms with Crippen molar-refractivity contribution in [3.8, 4) is 0 Å². The Hall–Kier alpha value is -2.31. The maximum Gasteiger partial charge on any atom is 0.344 e. The van der Waals surface area contributed by atoms with Crippen LogP contribution >= 0.6 is 0 Å². The van der Waals surface area contributed by atoms with Gasteiger partial charge in [-0.2, -0.15) is 0 Å². The molecule has 1 amide bonds. The van der Waals surface area contributed by atoms with Gasteiger partial charge in [0.25, 0.3) is 0 Å². The lowest BCUT2D eigenvalue weighted by atomic mass is 9.79. The lowest BCUT2D eigenvalue weighted by molar-refractivity contribution is -0.166. The van der Waals surface area contributed by atoms with Crippen molar-refractivity contribution in [3.05, 3.63) is 29.9 Å². The van der Waals surface area contributed by atoms with E-state index in [0.717, 1.165) is 0 Å². The molecule has 1 aliphatic rings. The van der Waals surface area contributed by atoms with Crippen LogP contribution in [0.5, 0.6) is 0 Å². The molecular formula is C16H22NO6. The van der Waals surface area contributed by atoms with E-state index < -0.39 is 23.4 Å². The van der Waals surface area contributed by atoms with Gasteiger partial charge in [0, 0.05) is 6.92 Å². The summed E-state index contributed by atoms with van der Waals surface area (Å²) in [6, 6.07) is 0. The van der Waals surface area contributed by atoms with Crippen LogP contribution in [0.15, 0.2) is 24.0 Å². The summed E-state index contributed by atoms with van der Waals surface area (Å²) in [5.41, 5.74) is -2.00. The molecule has 0 heterocycles. The Morgan fingerprint density at radius 2 is 1.70 bits per heavy atom. The molecule has 1 N–H and O–H groups in total. The number of nitrogens with one attached hydrogen (secondary N) is 1. The van der Waals surface area contributed by atoms with Crippen LogP contribution in [0.2, 0.25) is 0 Å². The number of carbonyl (C=O) groups is 3. The summed E-state index contributed by atoms with van der Waals surface area (Å²) < 4.78 is 15.1. The topological polar surface area (TPSA) is 90.9 Å². The first-order chi connectivity index (χ1) is 10.9. The number of rotatable bonds is 7. The Morgan fingerprint density at radius 1 is 1.13 bits per heavy atom. The maximum absolute atomic E-state index is 12.5. The third-order valence-corrected chi connectivity index (χ3v) is 3.22. The van der Waals surface area contributed by atoms with E-state index >= 15 is 0 Å². The Bertz CT molecular complexity index is 505. The van der Waals surface area contributed by atoms with Crippen molar-refractivity contribution in [3.63, 3.8) is 0 Å². The van der Waals surface area contributed by atoms with Crippen LogP contribution in [0.1, 0.15) is 27.2 Å². The minimum absolute atomic E-state index is 0.0652. The van der Waals surface area contributed by atoms with Crippen molar-refractivity contribution < 1.29 is 28.6 Å². The molecule has 23 heavy (non-hydrogen) atoms. The molecule has 0 unspecified atom stereocenters. The Morgan fingerprint density at radius 3 is 2.04 bits per heavy atom. The van der Waals surface area contributed by atoms with Crippen molar-refractivity contribution in [1.82, 2.24) is 5.32 Å². The van der Waals surface area contributed by atoms with Crippen LogP contribution in [0.3, 0.4) is 0 Å². The number of carbonyl (C=O) groups excluding carboxylic acids is 3. The fourth-order valence-corrected chi connectivity index (χ4v) is 2.23. The summed E-state index contributed by atoms with van der Waals surface area (Å²) in [5, 5.41) is 2.42. The minimum atomic E-state index is -2.00. The van der Waals surface area contributed by atoms with Gasteiger partial charge in [0.1, 0.15) is 5.76 Å². The molecule has 0 bridgehead atoms. The molecule has 0 saturated carbocycles. The predicted octanol–water partition coefficient (Wildman–Crippen LogP) is 1.05.